The Bertz CT molecular complexity index is 895. The second-order valence-electron chi connectivity index (χ2n) is 7.76. The van der Waals surface area contributed by atoms with Crippen LogP contribution < -0.4 is 5.32 Å². The smallest absolute Gasteiger partial charge is 0.475 e. The van der Waals surface area contributed by atoms with E-state index in [9.17, 15) is 18.0 Å². The number of carbonyl (C=O) groups is 2. The predicted molar refractivity (Wildman–Crippen MR) is 112 cm³/mol. The van der Waals surface area contributed by atoms with Gasteiger partial charge >= 0.3 is 12.1 Å². The Morgan fingerprint density at radius 1 is 1.34 bits per heavy atom. The summed E-state index contributed by atoms with van der Waals surface area (Å²) in [6.07, 6.45) is 0.0305. The van der Waals surface area contributed by atoms with Crippen molar-refractivity contribution in [2.75, 3.05) is 25.0 Å². The number of carboxylic acids is 1. The van der Waals surface area contributed by atoms with E-state index in [2.05, 4.69) is 10.3 Å². The molecule has 0 saturated carbocycles. The molecule has 7 nitrogen and oxygen atoms in total. The van der Waals surface area contributed by atoms with Crippen molar-refractivity contribution in [2.24, 2.45) is 0 Å². The number of ether oxygens (including phenoxy) is 1. The van der Waals surface area contributed by atoms with Crippen LogP contribution >= 0.6 is 11.3 Å². The van der Waals surface area contributed by atoms with Gasteiger partial charge in [0.2, 0.25) is 5.91 Å². The number of aliphatic carboxylic acids is 1. The van der Waals surface area contributed by atoms with Crippen LogP contribution in [0, 0.1) is 0 Å². The number of carboxylic acid groups (broad SMARTS) is 1. The number of hydrogen-bond donors (Lipinski definition) is 2. The SMILES string of the molecule is O=C(Cc1ccsc1)N1CC[C@@]2(C[C@H](Nc3ccccn3)CCO2)C1.O=C(O)C(F)(F)F. The fraction of sp³-hybridized carbons (Fsp3) is 0.476. The minimum Gasteiger partial charge on any atom is -0.475 e. The largest absolute Gasteiger partial charge is 0.490 e. The fourth-order valence-corrected chi connectivity index (χ4v) is 4.50. The number of halogens is 3. The summed E-state index contributed by atoms with van der Waals surface area (Å²) >= 11 is 1.64. The van der Waals surface area contributed by atoms with Crippen molar-refractivity contribution in [3.05, 3.63) is 46.8 Å². The molecule has 32 heavy (non-hydrogen) atoms. The van der Waals surface area contributed by atoms with Crippen LogP contribution in [0.2, 0.25) is 0 Å². The van der Waals surface area contributed by atoms with Crippen molar-refractivity contribution in [3.63, 3.8) is 0 Å². The van der Waals surface area contributed by atoms with Gasteiger partial charge in [0.1, 0.15) is 5.82 Å². The van der Waals surface area contributed by atoms with Crippen molar-refractivity contribution in [1.29, 1.82) is 0 Å². The van der Waals surface area contributed by atoms with Crippen LogP contribution in [0.1, 0.15) is 24.8 Å². The molecule has 0 radical (unpaired) electrons. The zero-order valence-electron chi connectivity index (χ0n) is 17.2. The number of rotatable bonds is 4. The first kappa shape index (κ1) is 24.0. The van der Waals surface area contributed by atoms with Crippen LogP contribution in [0.15, 0.2) is 41.2 Å². The highest BCUT2D eigenvalue weighted by atomic mass is 32.1. The molecular weight excluding hydrogens is 447 g/mol. The van der Waals surface area contributed by atoms with E-state index in [1.807, 2.05) is 39.9 Å². The zero-order chi connectivity index (χ0) is 23.2. The number of amides is 1. The Kier molecular flexibility index (Phi) is 7.73. The minimum atomic E-state index is -5.08. The van der Waals surface area contributed by atoms with Crippen molar-refractivity contribution < 1.29 is 32.6 Å². The Hall–Kier alpha value is -2.66. The summed E-state index contributed by atoms with van der Waals surface area (Å²) in [4.78, 5) is 27.8. The molecule has 2 aromatic rings. The molecule has 2 aliphatic rings. The Morgan fingerprint density at radius 3 is 2.75 bits per heavy atom. The number of aromatic nitrogens is 1. The van der Waals surface area contributed by atoms with Gasteiger partial charge in [0, 0.05) is 31.9 Å². The molecule has 11 heteroatoms. The van der Waals surface area contributed by atoms with Crippen molar-refractivity contribution in [2.45, 2.75) is 43.5 Å². The van der Waals surface area contributed by atoms with Crippen LogP contribution in [0.25, 0.3) is 0 Å². The van der Waals surface area contributed by atoms with Crippen LogP contribution in [-0.2, 0) is 20.7 Å². The van der Waals surface area contributed by atoms with E-state index < -0.39 is 12.1 Å². The minimum absolute atomic E-state index is 0.199. The summed E-state index contributed by atoms with van der Waals surface area (Å²) in [6.45, 7) is 2.23. The molecule has 174 valence electrons. The number of hydrogen-bond acceptors (Lipinski definition) is 6. The molecule has 0 unspecified atom stereocenters. The quantitative estimate of drug-likeness (QED) is 0.708. The lowest BCUT2D eigenvalue weighted by Gasteiger charge is -2.38. The van der Waals surface area contributed by atoms with Crippen molar-refractivity contribution in [1.82, 2.24) is 9.88 Å². The maximum atomic E-state index is 12.6. The highest BCUT2D eigenvalue weighted by Gasteiger charge is 2.44. The number of thiophene rings is 1. The lowest BCUT2D eigenvalue weighted by molar-refractivity contribution is -0.192. The molecule has 2 aliphatic heterocycles. The van der Waals surface area contributed by atoms with Gasteiger partial charge in [-0.3, -0.25) is 4.79 Å². The summed E-state index contributed by atoms with van der Waals surface area (Å²) in [6, 6.07) is 8.27. The molecule has 2 N–H and O–H groups in total. The molecule has 2 fully saturated rings. The van der Waals surface area contributed by atoms with Crippen LogP contribution in [-0.4, -0.2) is 64.4 Å². The number of nitrogens with one attached hydrogen (secondary N) is 1. The molecule has 0 aromatic carbocycles. The van der Waals surface area contributed by atoms with E-state index in [4.69, 9.17) is 14.6 Å². The zero-order valence-corrected chi connectivity index (χ0v) is 18.0. The summed E-state index contributed by atoms with van der Waals surface area (Å²) in [5.41, 5.74) is 0.907. The maximum Gasteiger partial charge on any atom is 0.490 e. The third kappa shape index (κ3) is 6.67. The molecule has 4 rings (SSSR count). The first-order valence-electron chi connectivity index (χ1n) is 10.1. The fourth-order valence-electron chi connectivity index (χ4n) is 3.83. The monoisotopic (exact) mass is 471 g/mol. The van der Waals surface area contributed by atoms with E-state index in [1.54, 1.807) is 17.5 Å². The number of anilines is 1. The van der Waals surface area contributed by atoms with Crippen LogP contribution in [0.4, 0.5) is 19.0 Å². The third-order valence-corrected chi connectivity index (χ3v) is 6.09. The average molecular weight is 472 g/mol. The second kappa shape index (κ2) is 10.3. The van der Waals surface area contributed by atoms with Crippen molar-refractivity contribution >= 4 is 29.0 Å². The van der Waals surface area contributed by atoms with Gasteiger partial charge in [0.05, 0.1) is 12.0 Å². The van der Waals surface area contributed by atoms with Gasteiger partial charge in [-0.15, -0.1) is 0 Å². The number of pyridine rings is 1. The Balaban J connectivity index is 0.000000360. The summed E-state index contributed by atoms with van der Waals surface area (Å²) in [5.74, 6) is -1.64. The van der Waals surface area contributed by atoms with E-state index in [0.29, 0.717) is 19.0 Å². The molecule has 0 aliphatic carbocycles. The van der Waals surface area contributed by atoms with Crippen molar-refractivity contribution in [3.8, 4) is 0 Å². The van der Waals surface area contributed by atoms with Gasteiger partial charge in [-0.1, -0.05) is 6.07 Å². The number of likely N-dealkylation sites (tertiary alicyclic amines) is 1. The van der Waals surface area contributed by atoms with E-state index in [-0.39, 0.29) is 11.5 Å². The molecule has 1 amide bonds. The standard InChI is InChI=1S/C19H23N3O2S.C2HF3O2/c23-18(11-15-5-10-25-13-15)22-8-6-19(14-22)12-16(4-9-24-19)21-17-3-1-2-7-20-17;3-2(4,5)1(6)7/h1-3,5,7,10,13,16H,4,6,8-9,11-12,14H2,(H,20,21);(H,6,7)/t16-,19-;/m1./s1. The number of alkyl halides is 3. The second-order valence-corrected chi connectivity index (χ2v) is 8.54. The highest BCUT2D eigenvalue weighted by molar-refractivity contribution is 7.08. The van der Waals surface area contributed by atoms with Crippen LogP contribution in [0.5, 0.6) is 0 Å². The number of carbonyl (C=O) groups excluding carboxylic acids is 1. The summed E-state index contributed by atoms with van der Waals surface area (Å²) in [7, 11) is 0. The molecular formula is C21H24F3N3O4S. The van der Waals surface area contributed by atoms with Crippen LogP contribution in [0.3, 0.4) is 0 Å². The Morgan fingerprint density at radius 2 is 2.12 bits per heavy atom. The van der Waals surface area contributed by atoms with E-state index >= 15 is 0 Å². The lowest BCUT2D eigenvalue weighted by Crippen LogP contribution is -2.47. The molecule has 4 heterocycles. The van der Waals surface area contributed by atoms with Gasteiger partial charge in [0.25, 0.3) is 0 Å². The van der Waals surface area contributed by atoms with Gasteiger partial charge in [0.15, 0.2) is 0 Å². The van der Waals surface area contributed by atoms with Gasteiger partial charge < -0.3 is 20.1 Å². The first-order chi connectivity index (χ1) is 15.2. The lowest BCUT2D eigenvalue weighted by atomic mass is 9.89. The normalized spacial score (nSPS) is 22.8. The third-order valence-electron chi connectivity index (χ3n) is 5.36. The molecule has 2 saturated heterocycles. The maximum absolute atomic E-state index is 12.6. The topological polar surface area (TPSA) is 91.8 Å². The molecule has 0 bridgehead atoms. The van der Waals surface area contributed by atoms with E-state index in [0.717, 1.165) is 43.8 Å². The summed E-state index contributed by atoms with van der Waals surface area (Å²) in [5, 5.41) is 14.7. The molecule has 2 aromatic heterocycles. The molecule has 1 spiro atoms. The van der Waals surface area contributed by atoms with Gasteiger partial charge in [-0.05, 0) is 53.8 Å². The van der Waals surface area contributed by atoms with Gasteiger partial charge in [-0.2, -0.15) is 24.5 Å². The van der Waals surface area contributed by atoms with E-state index in [1.165, 1.54) is 0 Å². The first-order valence-corrected chi connectivity index (χ1v) is 11.0. The molecule has 2 atom stereocenters. The van der Waals surface area contributed by atoms with Gasteiger partial charge in [-0.25, -0.2) is 9.78 Å². The highest BCUT2D eigenvalue weighted by Crippen LogP contribution is 2.35. The average Bonchev–Trinajstić information content (AvgIpc) is 3.39. The number of nitrogens with zero attached hydrogens (tertiary/aromatic N) is 2. The summed E-state index contributed by atoms with van der Waals surface area (Å²) < 4.78 is 37.9. The predicted octanol–water partition coefficient (Wildman–Crippen LogP) is 3.58. The Labute approximate surface area is 187 Å².